The van der Waals surface area contributed by atoms with E-state index in [1.54, 1.807) is 0 Å². The molecule has 2 aromatic rings. The molecular formula is C14H16N2O2S. The lowest BCUT2D eigenvalue weighted by Gasteiger charge is -1.97. The van der Waals surface area contributed by atoms with Crippen LogP contribution in [0.2, 0.25) is 0 Å². The zero-order chi connectivity index (χ0) is 12.8. The zero-order valence-electron chi connectivity index (χ0n) is 10.8. The molecule has 4 rings (SSSR count). The minimum atomic E-state index is 0.332. The first-order chi connectivity index (χ1) is 9.31. The largest absolute Gasteiger partial charge is 0.381 e. The van der Waals surface area contributed by atoms with Gasteiger partial charge >= 0.3 is 0 Å². The number of hydrogen-bond acceptors (Lipinski definition) is 5. The van der Waals surface area contributed by atoms with Gasteiger partial charge in [0, 0.05) is 34.1 Å². The second-order valence-electron chi connectivity index (χ2n) is 5.45. The molecule has 3 atom stereocenters. The van der Waals surface area contributed by atoms with Crippen molar-refractivity contribution in [3.63, 3.8) is 0 Å². The maximum absolute atomic E-state index is 5.45. The Hall–Kier alpha value is -1.20. The normalized spacial score (nSPS) is 29.8. The van der Waals surface area contributed by atoms with Gasteiger partial charge in [-0.2, -0.15) is 4.98 Å². The van der Waals surface area contributed by atoms with Gasteiger partial charge in [0.25, 0.3) is 0 Å². The minimum absolute atomic E-state index is 0.332. The number of nitrogens with zero attached hydrogens (tertiary/aromatic N) is 2. The number of ether oxygens (including phenoxy) is 1. The summed E-state index contributed by atoms with van der Waals surface area (Å²) in [4.78, 5) is 7.40. The van der Waals surface area contributed by atoms with E-state index in [1.807, 2.05) is 11.3 Å². The molecule has 2 aromatic heterocycles. The highest BCUT2D eigenvalue weighted by atomic mass is 32.1. The lowest BCUT2D eigenvalue weighted by molar-refractivity contribution is 0.192. The predicted octanol–water partition coefficient (Wildman–Crippen LogP) is 3.21. The van der Waals surface area contributed by atoms with Gasteiger partial charge in [-0.15, -0.1) is 11.3 Å². The maximum Gasteiger partial charge on any atom is 0.230 e. The van der Waals surface area contributed by atoms with Crippen molar-refractivity contribution in [1.29, 1.82) is 0 Å². The average Bonchev–Trinajstić information content (AvgIpc) is 2.86. The number of rotatable bonds is 3. The van der Waals surface area contributed by atoms with Crippen LogP contribution in [0.1, 0.15) is 52.1 Å². The second-order valence-corrected chi connectivity index (χ2v) is 6.77. The van der Waals surface area contributed by atoms with E-state index in [2.05, 4.69) is 29.2 Å². The molecule has 4 nitrogen and oxygen atoms in total. The van der Waals surface area contributed by atoms with Crippen molar-refractivity contribution in [2.75, 3.05) is 13.2 Å². The molecule has 0 radical (unpaired) electrons. The fraction of sp³-hybridized carbons (Fsp3) is 0.571. The summed E-state index contributed by atoms with van der Waals surface area (Å²) >= 11 is 1.88. The molecule has 0 aromatic carbocycles. The van der Waals surface area contributed by atoms with Gasteiger partial charge in [-0.05, 0) is 31.9 Å². The van der Waals surface area contributed by atoms with Crippen molar-refractivity contribution in [2.45, 2.75) is 37.5 Å². The quantitative estimate of drug-likeness (QED) is 0.863. The van der Waals surface area contributed by atoms with E-state index in [1.165, 1.54) is 9.75 Å². The molecule has 0 amide bonds. The molecule has 1 saturated heterocycles. The highest BCUT2D eigenvalue weighted by Gasteiger charge is 2.44. The standard InChI is InChI=1S/C14H16N2O2S/c1-8-2-3-12(19-8)10-6-11(10)14-15-13(16-18-14)9-4-5-17-7-9/h2-3,9-11H,4-7H2,1H3/t9-,10-,11+/m1/s1. The third-order valence-corrected chi connectivity index (χ3v) is 5.12. The van der Waals surface area contributed by atoms with E-state index >= 15 is 0 Å². The Morgan fingerprint density at radius 3 is 3.00 bits per heavy atom. The Labute approximate surface area is 115 Å². The average molecular weight is 276 g/mol. The second kappa shape index (κ2) is 4.42. The third kappa shape index (κ3) is 2.11. The smallest absolute Gasteiger partial charge is 0.230 e. The third-order valence-electron chi connectivity index (χ3n) is 3.99. The highest BCUT2D eigenvalue weighted by Crippen LogP contribution is 2.55. The van der Waals surface area contributed by atoms with Gasteiger partial charge in [0.15, 0.2) is 5.82 Å². The Morgan fingerprint density at radius 2 is 2.26 bits per heavy atom. The Kier molecular flexibility index (Phi) is 2.70. The summed E-state index contributed by atoms with van der Waals surface area (Å²) in [6.07, 6.45) is 2.15. The van der Waals surface area contributed by atoms with Crippen molar-refractivity contribution >= 4 is 11.3 Å². The minimum Gasteiger partial charge on any atom is -0.381 e. The van der Waals surface area contributed by atoms with Gasteiger partial charge in [-0.1, -0.05) is 5.16 Å². The van der Waals surface area contributed by atoms with Crippen LogP contribution in [-0.4, -0.2) is 23.4 Å². The van der Waals surface area contributed by atoms with Gasteiger partial charge in [0.05, 0.1) is 6.61 Å². The van der Waals surface area contributed by atoms with Crippen LogP contribution in [0.3, 0.4) is 0 Å². The van der Waals surface area contributed by atoms with Crippen LogP contribution in [0.25, 0.3) is 0 Å². The lowest BCUT2D eigenvalue weighted by Crippen LogP contribution is -1.99. The first kappa shape index (κ1) is 11.6. The number of aryl methyl sites for hydroxylation is 1. The van der Waals surface area contributed by atoms with Crippen LogP contribution < -0.4 is 0 Å². The van der Waals surface area contributed by atoms with E-state index in [0.29, 0.717) is 17.8 Å². The van der Waals surface area contributed by atoms with Crippen LogP contribution in [0, 0.1) is 6.92 Å². The molecule has 100 valence electrons. The molecule has 0 N–H and O–H groups in total. The molecule has 5 heteroatoms. The molecule has 0 unspecified atom stereocenters. The summed E-state index contributed by atoms with van der Waals surface area (Å²) in [5.74, 6) is 3.01. The summed E-state index contributed by atoms with van der Waals surface area (Å²) in [5.41, 5.74) is 0. The molecule has 3 heterocycles. The summed E-state index contributed by atoms with van der Waals surface area (Å²) < 4.78 is 10.8. The monoisotopic (exact) mass is 276 g/mol. The van der Waals surface area contributed by atoms with Crippen molar-refractivity contribution in [3.8, 4) is 0 Å². The highest BCUT2D eigenvalue weighted by molar-refractivity contribution is 7.12. The summed E-state index contributed by atoms with van der Waals surface area (Å²) in [6.45, 7) is 3.70. The van der Waals surface area contributed by atoms with Gasteiger partial charge in [-0.25, -0.2) is 0 Å². The molecule has 1 aliphatic heterocycles. The number of hydrogen-bond donors (Lipinski definition) is 0. The Bertz CT molecular complexity index is 586. The fourth-order valence-electron chi connectivity index (χ4n) is 2.74. The van der Waals surface area contributed by atoms with Gasteiger partial charge in [-0.3, -0.25) is 0 Å². The van der Waals surface area contributed by atoms with Gasteiger partial charge in [0.1, 0.15) is 0 Å². The molecule has 2 fully saturated rings. The topological polar surface area (TPSA) is 48.2 Å². The van der Waals surface area contributed by atoms with Gasteiger partial charge < -0.3 is 9.26 Å². The van der Waals surface area contributed by atoms with Crippen LogP contribution in [0.5, 0.6) is 0 Å². The van der Waals surface area contributed by atoms with Crippen molar-refractivity contribution in [3.05, 3.63) is 33.6 Å². The first-order valence-corrected chi connectivity index (χ1v) is 7.60. The summed E-state index contributed by atoms with van der Waals surface area (Å²) in [7, 11) is 0. The number of thiophene rings is 1. The van der Waals surface area contributed by atoms with Crippen molar-refractivity contribution < 1.29 is 9.26 Å². The van der Waals surface area contributed by atoms with E-state index < -0.39 is 0 Å². The number of aromatic nitrogens is 2. The molecular weight excluding hydrogens is 260 g/mol. The molecule has 2 aliphatic rings. The summed E-state index contributed by atoms with van der Waals surface area (Å²) in [5, 5.41) is 4.13. The lowest BCUT2D eigenvalue weighted by atomic mass is 10.1. The Balaban J connectivity index is 1.49. The molecule has 0 bridgehead atoms. The molecule has 1 aliphatic carbocycles. The van der Waals surface area contributed by atoms with Gasteiger partial charge in [0.2, 0.25) is 5.89 Å². The van der Waals surface area contributed by atoms with Crippen LogP contribution in [-0.2, 0) is 4.74 Å². The predicted molar refractivity (Wildman–Crippen MR) is 71.6 cm³/mol. The molecule has 1 saturated carbocycles. The SMILES string of the molecule is Cc1ccc([C@@H]2C[C@@H]2c2nc([C@@H]3CCOC3)no2)s1. The van der Waals surface area contributed by atoms with Crippen LogP contribution in [0.4, 0.5) is 0 Å². The van der Waals surface area contributed by atoms with Crippen LogP contribution >= 0.6 is 11.3 Å². The zero-order valence-corrected chi connectivity index (χ0v) is 11.7. The summed E-state index contributed by atoms with van der Waals surface area (Å²) in [6, 6.07) is 4.41. The molecule has 19 heavy (non-hydrogen) atoms. The van der Waals surface area contributed by atoms with Crippen molar-refractivity contribution in [1.82, 2.24) is 10.1 Å². The maximum atomic E-state index is 5.45. The van der Waals surface area contributed by atoms with E-state index in [9.17, 15) is 0 Å². The van der Waals surface area contributed by atoms with E-state index in [0.717, 1.165) is 37.8 Å². The van der Waals surface area contributed by atoms with Crippen molar-refractivity contribution in [2.24, 2.45) is 0 Å². The fourth-order valence-corrected chi connectivity index (χ4v) is 3.79. The van der Waals surface area contributed by atoms with Crippen LogP contribution in [0.15, 0.2) is 16.7 Å². The van der Waals surface area contributed by atoms with E-state index in [4.69, 9.17) is 9.26 Å². The van der Waals surface area contributed by atoms with E-state index in [-0.39, 0.29) is 0 Å². The molecule has 0 spiro atoms. The Morgan fingerprint density at radius 1 is 1.32 bits per heavy atom. The first-order valence-electron chi connectivity index (χ1n) is 6.79.